The molecule has 2 rings (SSSR count). The fraction of sp³-hybridized carbons (Fsp3) is 0.643. The third-order valence-corrected chi connectivity index (χ3v) is 3.91. The van der Waals surface area contributed by atoms with E-state index in [1.807, 2.05) is 18.5 Å². The van der Waals surface area contributed by atoms with Crippen LogP contribution in [0.4, 0.5) is 5.69 Å². The lowest BCUT2D eigenvalue weighted by molar-refractivity contribution is 0.270. The van der Waals surface area contributed by atoms with Crippen LogP contribution in [0.1, 0.15) is 25.3 Å². The third kappa shape index (κ3) is 2.82. The number of hydrogen-bond acceptors (Lipinski definition) is 4. The lowest BCUT2D eigenvalue weighted by Crippen LogP contribution is -2.39. The van der Waals surface area contributed by atoms with Crippen LogP contribution in [0.5, 0.6) is 0 Å². The molecule has 1 unspecified atom stereocenters. The van der Waals surface area contributed by atoms with Crippen molar-refractivity contribution in [1.82, 2.24) is 9.88 Å². The number of anilines is 1. The van der Waals surface area contributed by atoms with Gasteiger partial charge in [0.2, 0.25) is 0 Å². The average molecular weight is 248 g/mol. The van der Waals surface area contributed by atoms with Crippen molar-refractivity contribution in [1.29, 1.82) is 0 Å². The number of nitrogens with two attached hydrogens (primary N) is 1. The Labute approximate surface area is 110 Å². The van der Waals surface area contributed by atoms with Gasteiger partial charge in [-0.2, -0.15) is 0 Å². The summed E-state index contributed by atoms with van der Waals surface area (Å²) < 4.78 is 0. The van der Waals surface area contributed by atoms with Crippen LogP contribution in [0.3, 0.4) is 0 Å². The van der Waals surface area contributed by atoms with Gasteiger partial charge in [-0.1, -0.05) is 6.92 Å². The highest BCUT2D eigenvalue weighted by Gasteiger charge is 2.24. The van der Waals surface area contributed by atoms with Gasteiger partial charge < -0.3 is 10.6 Å². The van der Waals surface area contributed by atoms with Gasteiger partial charge in [0.1, 0.15) is 0 Å². The van der Waals surface area contributed by atoms with E-state index in [1.54, 1.807) is 0 Å². The van der Waals surface area contributed by atoms with E-state index in [1.165, 1.54) is 30.6 Å². The summed E-state index contributed by atoms with van der Waals surface area (Å²) in [6.07, 6.45) is 6.36. The minimum Gasteiger partial charge on any atom is -0.372 e. The van der Waals surface area contributed by atoms with Crippen molar-refractivity contribution in [2.24, 2.45) is 5.73 Å². The Kier molecular flexibility index (Phi) is 4.55. The highest BCUT2D eigenvalue weighted by molar-refractivity contribution is 5.51. The molecule has 1 aliphatic heterocycles. The monoisotopic (exact) mass is 248 g/mol. The Hall–Kier alpha value is -1.13. The number of likely N-dealkylation sites (tertiary alicyclic amines) is 1. The summed E-state index contributed by atoms with van der Waals surface area (Å²) in [4.78, 5) is 9.08. The Morgan fingerprint density at radius 2 is 2.39 bits per heavy atom. The molecule has 1 aromatic heterocycles. The molecule has 4 nitrogen and oxygen atoms in total. The van der Waals surface area contributed by atoms with Gasteiger partial charge >= 0.3 is 0 Å². The summed E-state index contributed by atoms with van der Waals surface area (Å²) in [7, 11) is 2.14. The average Bonchev–Trinajstić information content (AvgIpc) is 2.85. The number of likely N-dealkylation sites (N-methyl/N-ethyl adjacent to an activating group) is 2. The molecule has 1 atom stereocenters. The smallest absolute Gasteiger partial charge is 0.0596 e. The van der Waals surface area contributed by atoms with Crippen LogP contribution in [0.15, 0.2) is 18.5 Å². The first kappa shape index (κ1) is 13.3. The van der Waals surface area contributed by atoms with Crippen LogP contribution in [-0.4, -0.2) is 42.6 Å². The molecule has 0 radical (unpaired) electrons. The largest absolute Gasteiger partial charge is 0.372 e. The minimum atomic E-state index is 0.574. The molecule has 18 heavy (non-hydrogen) atoms. The van der Waals surface area contributed by atoms with Crippen LogP contribution in [0, 0.1) is 0 Å². The Balaban J connectivity index is 2.05. The van der Waals surface area contributed by atoms with E-state index in [2.05, 4.69) is 28.8 Å². The summed E-state index contributed by atoms with van der Waals surface area (Å²) in [5, 5.41) is 0. The summed E-state index contributed by atoms with van der Waals surface area (Å²) in [6.45, 7) is 6.27. The van der Waals surface area contributed by atoms with Gasteiger partial charge in [-0.05, 0) is 37.6 Å². The summed E-state index contributed by atoms with van der Waals surface area (Å²) in [5.41, 5.74) is 8.13. The summed E-state index contributed by atoms with van der Waals surface area (Å²) in [5.74, 6) is 0. The van der Waals surface area contributed by atoms with E-state index < -0.39 is 0 Å². The normalized spacial score (nSPS) is 20.3. The summed E-state index contributed by atoms with van der Waals surface area (Å²) in [6, 6.07) is 2.68. The zero-order chi connectivity index (χ0) is 13.0. The molecule has 1 saturated heterocycles. The van der Waals surface area contributed by atoms with Gasteiger partial charge in [-0.25, -0.2) is 0 Å². The highest BCUT2D eigenvalue weighted by atomic mass is 15.2. The van der Waals surface area contributed by atoms with Crippen LogP contribution < -0.4 is 10.6 Å². The second-order valence-electron chi connectivity index (χ2n) is 5.01. The standard InChI is InChI=1S/C14H24N4/c1-3-18-8-4-5-13(18)11-17(2)14-10-16-7-6-12(14)9-15/h6-7,10,13H,3-5,8-9,11,15H2,1-2H3. The molecule has 0 spiro atoms. The maximum absolute atomic E-state index is 5.79. The SMILES string of the molecule is CCN1CCCC1CN(C)c1cnccc1CN. The lowest BCUT2D eigenvalue weighted by Gasteiger charge is -2.29. The van der Waals surface area contributed by atoms with Crippen LogP contribution in [0.25, 0.3) is 0 Å². The first-order chi connectivity index (χ1) is 8.76. The molecule has 0 saturated carbocycles. The van der Waals surface area contributed by atoms with E-state index in [0.717, 1.165) is 13.1 Å². The molecule has 0 aromatic carbocycles. The molecule has 2 N–H and O–H groups in total. The van der Waals surface area contributed by atoms with E-state index in [9.17, 15) is 0 Å². The maximum Gasteiger partial charge on any atom is 0.0596 e. The van der Waals surface area contributed by atoms with Crippen molar-refractivity contribution < 1.29 is 0 Å². The fourth-order valence-electron chi connectivity index (χ4n) is 2.86. The number of rotatable bonds is 5. The molecule has 0 amide bonds. The Morgan fingerprint density at radius 1 is 1.56 bits per heavy atom. The molecule has 100 valence electrons. The molecular weight excluding hydrogens is 224 g/mol. The molecule has 1 aliphatic rings. The molecule has 2 heterocycles. The van der Waals surface area contributed by atoms with Gasteiger partial charge in [-0.15, -0.1) is 0 Å². The molecule has 4 heteroatoms. The van der Waals surface area contributed by atoms with Crippen LogP contribution in [0.2, 0.25) is 0 Å². The molecule has 0 aliphatic carbocycles. The van der Waals surface area contributed by atoms with Gasteiger partial charge in [0.15, 0.2) is 0 Å². The molecule has 0 bridgehead atoms. The molecular formula is C14H24N4. The predicted molar refractivity (Wildman–Crippen MR) is 75.7 cm³/mol. The van der Waals surface area contributed by atoms with E-state index in [4.69, 9.17) is 5.73 Å². The topological polar surface area (TPSA) is 45.4 Å². The molecule has 1 aromatic rings. The number of aromatic nitrogens is 1. The Morgan fingerprint density at radius 3 is 3.11 bits per heavy atom. The molecule has 1 fully saturated rings. The number of nitrogens with zero attached hydrogens (tertiary/aromatic N) is 3. The van der Waals surface area contributed by atoms with E-state index >= 15 is 0 Å². The van der Waals surface area contributed by atoms with Crippen molar-refractivity contribution in [3.05, 3.63) is 24.0 Å². The maximum atomic E-state index is 5.79. The first-order valence-corrected chi connectivity index (χ1v) is 6.84. The first-order valence-electron chi connectivity index (χ1n) is 6.84. The second kappa shape index (κ2) is 6.16. The van der Waals surface area contributed by atoms with Gasteiger partial charge in [0.25, 0.3) is 0 Å². The van der Waals surface area contributed by atoms with Crippen molar-refractivity contribution in [3.63, 3.8) is 0 Å². The Bertz CT molecular complexity index is 380. The zero-order valence-electron chi connectivity index (χ0n) is 11.5. The quantitative estimate of drug-likeness (QED) is 0.857. The predicted octanol–water partition coefficient (Wildman–Crippen LogP) is 1.46. The van der Waals surface area contributed by atoms with Gasteiger partial charge in [-0.3, -0.25) is 9.88 Å². The second-order valence-corrected chi connectivity index (χ2v) is 5.01. The van der Waals surface area contributed by atoms with Crippen molar-refractivity contribution in [2.45, 2.75) is 32.4 Å². The van der Waals surface area contributed by atoms with Crippen molar-refractivity contribution in [3.8, 4) is 0 Å². The van der Waals surface area contributed by atoms with Crippen LogP contribution in [-0.2, 0) is 6.54 Å². The van der Waals surface area contributed by atoms with E-state index in [0.29, 0.717) is 12.6 Å². The van der Waals surface area contributed by atoms with Gasteiger partial charge in [0.05, 0.1) is 11.9 Å². The number of pyridine rings is 1. The van der Waals surface area contributed by atoms with E-state index in [-0.39, 0.29) is 0 Å². The number of hydrogen-bond donors (Lipinski definition) is 1. The fourth-order valence-corrected chi connectivity index (χ4v) is 2.86. The summed E-state index contributed by atoms with van der Waals surface area (Å²) >= 11 is 0. The van der Waals surface area contributed by atoms with Crippen molar-refractivity contribution in [2.75, 3.05) is 31.6 Å². The third-order valence-electron chi connectivity index (χ3n) is 3.91. The highest BCUT2D eigenvalue weighted by Crippen LogP contribution is 2.22. The van der Waals surface area contributed by atoms with Crippen molar-refractivity contribution >= 4 is 5.69 Å². The van der Waals surface area contributed by atoms with Crippen LogP contribution >= 0.6 is 0 Å². The zero-order valence-corrected chi connectivity index (χ0v) is 11.5. The van der Waals surface area contributed by atoms with Gasteiger partial charge in [0, 0.05) is 32.4 Å². The lowest BCUT2D eigenvalue weighted by atomic mass is 10.1. The minimum absolute atomic E-state index is 0.574.